The third-order valence-corrected chi connectivity index (χ3v) is 4.93. The predicted molar refractivity (Wildman–Crippen MR) is 108 cm³/mol. The molecule has 140 valence electrons. The van der Waals surface area contributed by atoms with Gasteiger partial charge in [0, 0.05) is 29.4 Å². The van der Waals surface area contributed by atoms with Crippen molar-refractivity contribution in [2.75, 3.05) is 5.73 Å². The normalized spacial score (nSPS) is 11.1. The van der Waals surface area contributed by atoms with E-state index in [1.54, 1.807) is 12.1 Å². The summed E-state index contributed by atoms with van der Waals surface area (Å²) in [5.41, 5.74) is 10.3. The van der Waals surface area contributed by atoms with E-state index < -0.39 is 5.82 Å². The van der Waals surface area contributed by atoms with E-state index in [4.69, 9.17) is 5.73 Å². The Morgan fingerprint density at radius 2 is 1.82 bits per heavy atom. The predicted octanol–water partition coefficient (Wildman–Crippen LogP) is 4.66. The number of nitrogen functional groups attached to an aromatic ring is 1. The molecule has 28 heavy (non-hydrogen) atoms. The summed E-state index contributed by atoms with van der Waals surface area (Å²) in [6.07, 6.45) is 1.96. The van der Waals surface area contributed by atoms with E-state index in [9.17, 15) is 14.3 Å². The number of carbonyl (C=O) groups excluding carboxylic acids is 1. The van der Waals surface area contributed by atoms with Crippen molar-refractivity contribution in [3.63, 3.8) is 0 Å². The topological polar surface area (TPSA) is 68.2 Å². The quantitative estimate of drug-likeness (QED) is 0.403. The Morgan fingerprint density at radius 1 is 1.07 bits per heavy atom. The fraction of sp³-hybridized carbons (Fsp3) is 0.0870. The van der Waals surface area contributed by atoms with E-state index in [1.165, 1.54) is 30.3 Å². The van der Waals surface area contributed by atoms with Crippen LogP contribution in [0.3, 0.4) is 0 Å². The maximum Gasteiger partial charge on any atom is 0.196 e. The number of phenolic OH excluding ortho intramolecular Hbond substituents is 1. The van der Waals surface area contributed by atoms with Gasteiger partial charge in [-0.25, -0.2) is 4.39 Å². The molecule has 5 heteroatoms. The molecule has 4 nitrogen and oxygen atoms in total. The third kappa shape index (κ3) is 3.11. The SMILES string of the molecule is Cc1ccc(N)c2ccn(Cc3ccc(O)c(C(=O)c4ccc(F)cc4)c3)c12. The van der Waals surface area contributed by atoms with Crippen LogP contribution < -0.4 is 5.73 Å². The van der Waals surface area contributed by atoms with Crippen LogP contribution in [-0.4, -0.2) is 15.5 Å². The number of ketones is 1. The first-order chi connectivity index (χ1) is 13.4. The van der Waals surface area contributed by atoms with Gasteiger partial charge in [0.05, 0.1) is 11.1 Å². The molecular weight excluding hydrogens is 355 g/mol. The number of fused-ring (bicyclic) bond motifs is 1. The molecule has 3 N–H and O–H groups in total. The molecule has 0 aliphatic heterocycles. The molecule has 0 radical (unpaired) electrons. The second-order valence-corrected chi connectivity index (χ2v) is 6.87. The Hall–Kier alpha value is -3.60. The number of anilines is 1. The number of hydrogen-bond donors (Lipinski definition) is 2. The van der Waals surface area contributed by atoms with Gasteiger partial charge in [-0.15, -0.1) is 0 Å². The first-order valence-electron chi connectivity index (χ1n) is 8.90. The number of halogens is 1. The molecule has 4 aromatic rings. The van der Waals surface area contributed by atoms with Crippen LogP contribution in [0.25, 0.3) is 10.9 Å². The van der Waals surface area contributed by atoms with Gasteiger partial charge in [-0.3, -0.25) is 4.79 Å². The zero-order chi connectivity index (χ0) is 19.8. The molecule has 0 aliphatic rings. The summed E-state index contributed by atoms with van der Waals surface area (Å²) in [5, 5.41) is 11.2. The van der Waals surface area contributed by atoms with Crippen molar-refractivity contribution >= 4 is 22.4 Å². The molecular formula is C23H19FN2O2. The number of benzene rings is 3. The Bertz CT molecular complexity index is 1190. The molecule has 0 bridgehead atoms. The summed E-state index contributed by atoms with van der Waals surface area (Å²) >= 11 is 0. The standard InChI is InChI=1S/C23H19FN2O2/c1-14-2-8-20(25)18-10-11-26(22(14)18)13-15-3-9-21(27)19(12-15)23(28)16-4-6-17(24)7-5-16/h2-12,27H,13,25H2,1H3. The highest BCUT2D eigenvalue weighted by Gasteiger charge is 2.15. The molecule has 0 aliphatic carbocycles. The number of aromatic hydroxyl groups is 1. The van der Waals surface area contributed by atoms with Gasteiger partial charge in [0.25, 0.3) is 0 Å². The van der Waals surface area contributed by atoms with Crippen molar-refractivity contribution in [1.29, 1.82) is 0 Å². The number of hydrogen-bond acceptors (Lipinski definition) is 3. The summed E-state index contributed by atoms with van der Waals surface area (Å²) in [4.78, 5) is 12.7. The Balaban J connectivity index is 1.71. The lowest BCUT2D eigenvalue weighted by atomic mass is 10.00. The van der Waals surface area contributed by atoms with Crippen LogP contribution in [0.5, 0.6) is 5.75 Å². The maximum absolute atomic E-state index is 13.1. The fourth-order valence-electron chi connectivity index (χ4n) is 3.48. The van der Waals surface area contributed by atoms with Crippen LogP contribution in [0.15, 0.2) is 66.9 Å². The Labute approximate surface area is 161 Å². The number of aryl methyl sites for hydroxylation is 1. The van der Waals surface area contributed by atoms with Crippen LogP contribution in [0, 0.1) is 12.7 Å². The summed E-state index contributed by atoms with van der Waals surface area (Å²) in [6.45, 7) is 2.55. The molecule has 3 aromatic carbocycles. The van der Waals surface area contributed by atoms with Gasteiger partial charge in [-0.05, 0) is 66.6 Å². The second kappa shape index (κ2) is 6.85. The van der Waals surface area contributed by atoms with Gasteiger partial charge in [0.15, 0.2) is 5.78 Å². The van der Waals surface area contributed by atoms with Crippen LogP contribution >= 0.6 is 0 Å². The average Bonchev–Trinajstić information content (AvgIpc) is 3.11. The van der Waals surface area contributed by atoms with Gasteiger partial charge in [-0.1, -0.05) is 12.1 Å². The van der Waals surface area contributed by atoms with Crippen molar-refractivity contribution in [2.45, 2.75) is 13.5 Å². The molecule has 1 aromatic heterocycles. The molecule has 1 heterocycles. The monoisotopic (exact) mass is 374 g/mol. The zero-order valence-corrected chi connectivity index (χ0v) is 15.3. The largest absolute Gasteiger partial charge is 0.507 e. The van der Waals surface area contributed by atoms with Crippen molar-refractivity contribution < 1.29 is 14.3 Å². The fourth-order valence-corrected chi connectivity index (χ4v) is 3.48. The first kappa shape index (κ1) is 17.8. The number of aromatic nitrogens is 1. The minimum atomic E-state index is -0.413. The molecule has 0 saturated heterocycles. The first-order valence-corrected chi connectivity index (χ1v) is 8.90. The van der Waals surface area contributed by atoms with E-state index in [2.05, 4.69) is 4.57 Å². The average molecular weight is 374 g/mol. The summed E-state index contributed by atoms with van der Waals surface area (Å²) in [5.74, 6) is -0.864. The Kier molecular flexibility index (Phi) is 4.35. The van der Waals surface area contributed by atoms with E-state index in [0.29, 0.717) is 12.1 Å². The van der Waals surface area contributed by atoms with Crippen molar-refractivity contribution in [2.24, 2.45) is 0 Å². The summed E-state index contributed by atoms with van der Waals surface area (Å²) < 4.78 is 15.2. The van der Waals surface area contributed by atoms with Gasteiger partial charge in [0.1, 0.15) is 11.6 Å². The smallest absolute Gasteiger partial charge is 0.196 e. The highest BCUT2D eigenvalue weighted by molar-refractivity contribution is 6.10. The number of rotatable bonds is 4. The van der Waals surface area contributed by atoms with E-state index in [1.807, 2.05) is 31.3 Å². The molecule has 0 fully saturated rings. The highest BCUT2D eigenvalue weighted by atomic mass is 19.1. The lowest BCUT2D eigenvalue weighted by Crippen LogP contribution is -2.05. The van der Waals surface area contributed by atoms with E-state index in [0.717, 1.165) is 27.7 Å². The Morgan fingerprint density at radius 3 is 2.57 bits per heavy atom. The number of nitrogens with two attached hydrogens (primary N) is 1. The minimum Gasteiger partial charge on any atom is -0.507 e. The third-order valence-electron chi connectivity index (χ3n) is 4.93. The van der Waals surface area contributed by atoms with E-state index >= 15 is 0 Å². The van der Waals surface area contributed by atoms with Gasteiger partial charge >= 0.3 is 0 Å². The molecule has 0 amide bonds. The van der Waals surface area contributed by atoms with Crippen molar-refractivity contribution in [3.05, 3.63) is 94.9 Å². The van der Waals surface area contributed by atoms with Crippen LogP contribution in [-0.2, 0) is 6.54 Å². The van der Waals surface area contributed by atoms with Crippen LogP contribution in [0.2, 0.25) is 0 Å². The second-order valence-electron chi connectivity index (χ2n) is 6.87. The lowest BCUT2D eigenvalue weighted by Gasteiger charge is -2.11. The molecule has 4 rings (SSSR count). The highest BCUT2D eigenvalue weighted by Crippen LogP contribution is 2.28. The zero-order valence-electron chi connectivity index (χ0n) is 15.3. The lowest BCUT2D eigenvalue weighted by molar-refractivity contribution is 0.103. The minimum absolute atomic E-state index is 0.101. The summed E-state index contributed by atoms with van der Waals surface area (Å²) in [6, 6.07) is 16.1. The van der Waals surface area contributed by atoms with Crippen molar-refractivity contribution in [3.8, 4) is 5.75 Å². The number of nitrogens with zero attached hydrogens (tertiary/aromatic N) is 1. The van der Waals surface area contributed by atoms with Gasteiger partial charge < -0.3 is 15.4 Å². The van der Waals surface area contributed by atoms with Crippen molar-refractivity contribution in [1.82, 2.24) is 4.57 Å². The van der Waals surface area contributed by atoms with Crippen LogP contribution in [0.1, 0.15) is 27.0 Å². The maximum atomic E-state index is 13.1. The molecule has 0 saturated carbocycles. The number of phenols is 1. The van der Waals surface area contributed by atoms with Crippen LogP contribution in [0.4, 0.5) is 10.1 Å². The molecule has 0 atom stereocenters. The van der Waals surface area contributed by atoms with E-state index in [-0.39, 0.29) is 17.1 Å². The number of carbonyl (C=O) groups is 1. The van der Waals surface area contributed by atoms with Gasteiger partial charge in [0.2, 0.25) is 0 Å². The summed E-state index contributed by atoms with van der Waals surface area (Å²) in [7, 11) is 0. The van der Waals surface area contributed by atoms with Gasteiger partial charge in [-0.2, -0.15) is 0 Å². The molecule has 0 spiro atoms. The molecule has 0 unspecified atom stereocenters.